The number of ketones is 1. The minimum Gasteiger partial charge on any atom is -0.298 e. The van der Waals surface area contributed by atoms with Gasteiger partial charge in [-0.25, -0.2) is 4.98 Å². The number of halogens is 1. The van der Waals surface area contributed by atoms with Gasteiger partial charge in [-0.15, -0.1) is 0 Å². The first kappa shape index (κ1) is 9.37. The predicted molar refractivity (Wildman–Crippen MR) is 51.9 cm³/mol. The Morgan fingerprint density at radius 2 is 2.42 bits per heavy atom. The zero-order valence-electron chi connectivity index (χ0n) is 6.45. The number of rotatable bonds is 2. The molecule has 0 aliphatic rings. The number of aromatic nitrogens is 2. The highest BCUT2D eigenvalue weighted by Crippen LogP contribution is 1.92. The lowest BCUT2D eigenvalue weighted by molar-refractivity contribution is -0.117. The number of carbonyl (C=O) groups excluding carboxylic acids is 1. The van der Waals surface area contributed by atoms with Gasteiger partial charge in [0, 0.05) is 6.20 Å². The van der Waals surface area contributed by atoms with Crippen molar-refractivity contribution in [1.29, 1.82) is 0 Å². The quantitative estimate of drug-likeness (QED) is 0.737. The highest BCUT2D eigenvalue weighted by atomic mass is 127. The number of carbonyl (C=O) groups is 1. The van der Waals surface area contributed by atoms with Crippen LogP contribution in [0.1, 0.15) is 6.92 Å². The van der Waals surface area contributed by atoms with Crippen LogP contribution in [0.2, 0.25) is 0 Å². The number of hydrogen-bond acceptors (Lipinski definition) is 3. The molecular formula is C7H7IN2O2. The summed E-state index contributed by atoms with van der Waals surface area (Å²) in [5.41, 5.74) is -0.166. The molecule has 1 rings (SSSR count). The van der Waals surface area contributed by atoms with Gasteiger partial charge in [-0.3, -0.25) is 14.2 Å². The van der Waals surface area contributed by atoms with Crippen LogP contribution in [0.15, 0.2) is 17.3 Å². The van der Waals surface area contributed by atoms with Crippen LogP contribution in [0, 0.1) is 3.57 Å². The van der Waals surface area contributed by atoms with Gasteiger partial charge in [0.15, 0.2) is 0 Å². The monoisotopic (exact) mass is 278 g/mol. The van der Waals surface area contributed by atoms with E-state index in [4.69, 9.17) is 0 Å². The first-order valence-corrected chi connectivity index (χ1v) is 4.38. The van der Waals surface area contributed by atoms with E-state index >= 15 is 0 Å². The van der Waals surface area contributed by atoms with Gasteiger partial charge in [0.1, 0.15) is 5.78 Å². The number of hydrogen-bond donors (Lipinski definition) is 0. The molecule has 1 heterocycles. The van der Waals surface area contributed by atoms with Crippen LogP contribution in [0.25, 0.3) is 0 Å². The van der Waals surface area contributed by atoms with Crippen LogP contribution in [0.4, 0.5) is 0 Å². The third kappa shape index (κ3) is 2.13. The zero-order chi connectivity index (χ0) is 9.14. The van der Waals surface area contributed by atoms with Gasteiger partial charge in [0.2, 0.25) is 0 Å². The second-order valence-electron chi connectivity index (χ2n) is 2.38. The second-order valence-corrected chi connectivity index (χ2v) is 3.54. The van der Waals surface area contributed by atoms with Crippen LogP contribution in [-0.4, -0.2) is 15.3 Å². The van der Waals surface area contributed by atoms with Gasteiger partial charge in [0.25, 0.3) is 5.56 Å². The Hall–Kier alpha value is -0.720. The molecule has 64 valence electrons. The van der Waals surface area contributed by atoms with Gasteiger partial charge < -0.3 is 0 Å². The maximum Gasteiger partial charge on any atom is 0.267 e. The third-order valence-electron chi connectivity index (χ3n) is 1.25. The van der Waals surface area contributed by atoms with E-state index in [0.29, 0.717) is 3.57 Å². The molecule has 0 fully saturated rings. The van der Waals surface area contributed by atoms with Crippen LogP contribution in [-0.2, 0) is 11.3 Å². The Balaban J connectivity index is 3.09. The third-order valence-corrected chi connectivity index (χ3v) is 1.99. The molecule has 0 amide bonds. The molecule has 0 atom stereocenters. The first-order chi connectivity index (χ1) is 5.61. The molecule has 0 aliphatic heterocycles. The molecule has 0 spiro atoms. The van der Waals surface area contributed by atoms with Gasteiger partial charge in [0.05, 0.1) is 16.4 Å². The summed E-state index contributed by atoms with van der Waals surface area (Å²) in [6, 6.07) is 0. The summed E-state index contributed by atoms with van der Waals surface area (Å²) < 4.78 is 1.82. The minimum atomic E-state index is -0.166. The van der Waals surface area contributed by atoms with Gasteiger partial charge in [-0.05, 0) is 29.5 Å². The molecule has 0 saturated carbocycles. The molecule has 0 bridgehead atoms. The smallest absolute Gasteiger partial charge is 0.267 e. The maximum absolute atomic E-state index is 11.3. The van der Waals surface area contributed by atoms with E-state index in [2.05, 4.69) is 4.98 Å². The Bertz CT molecular complexity index is 359. The summed E-state index contributed by atoms with van der Waals surface area (Å²) in [7, 11) is 0. The normalized spacial score (nSPS) is 9.83. The van der Waals surface area contributed by atoms with Crippen LogP contribution in [0.3, 0.4) is 0 Å². The molecule has 0 aromatic carbocycles. The summed E-state index contributed by atoms with van der Waals surface area (Å²) >= 11 is 1.89. The number of Topliss-reactive ketones (excluding diaryl/α,β-unsaturated/α-hetero) is 1. The Labute approximate surface area is 82.8 Å². The largest absolute Gasteiger partial charge is 0.298 e. The Morgan fingerprint density at radius 3 is 3.00 bits per heavy atom. The average molecular weight is 278 g/mol. The molecule has 0 radical (unpaired) electrons. The lowest BCUT2D eigenvalue weighted by Gasteiger charge is -2.00. The molecule has 4 nitrogen and oxygen atoms in total. The zero-order valence-corrected chi connectivity index (χ0v) is 8.61. The van der Waals surface area contributed by atoms with Crippen molar-refractivity contribution in [2.75, 3.05) is 0 Å². The Kier molecular flexibility index (Phi) is 2.96. The maximum atomic E-state index is 11.3. The second kappa shape index (κ2) is 3.79. The summed E-state index contributed by atoms with van der Waals surface area (Å²) in [4.78, 5) is 25.8. The van der Waals surface area contributed by atoms with Crippen molar-refractivity contribution in [3.8, 4) is 0 Å². The standard InChI is InChI=1S/C7H7IN2O2/c1-5(11)3-10-4-9-2-6(8)7(10)12/h2,4H,3H2,1H3. The SMILES string of the molecule is CC(=O)Cn1cncc(I)c1=O. The van der Waals surface area contributed by atoms with Crippen molar-refractivity contribution < 1.29 is 4.79 Å². The van der Waals surface area contributed by atoms with Crippen LogP contribution < -0.4 is 5.56 Å². The molecule has 12 heavy (non-hydrogen) atoms. The van der Waals surface area contributed by atoms with Crippen LogP contribution >= 0.6 is 22.6 Å². The van der Waals surface area contributed by atoms with E-state index < -0.39 is 0 Å². The van der Waals surface area contributed by atoms with Crippen molar-refractivity contribution >= 4 is 28.4 Å². The van der Waals surface area contributed by atoms with Gasteiger partial charge >= 0.3 is 0 Å². The van der Waals surface area contributed by atoms with E-state index in [1.165, 1.54) is 24.0 Å². The fourth-order valence-corrected chi connectivity index (χ4v) is 1.25. The van der Waals surface area contributed by atoms with E-state index in [-0.39, 0.29) is 17.9 Å². The van der Waals surface area contributed by atoms with E-state index in [1.807, 2.05) is 22.6 Å². The van der Waals surface area contributed by atoms with Crippen molar-refractivity contribution in [3.63, 3.8) is 0 Å². The van der Waals surface area contributed by atoms with Crippen molar-refractivity contribution in [1.82, 2.24) is 9.55 Å². The molecule has 0 N–H and O–H groups in total. The summed E-state index contributed by atoms with van der Waals surface area (Å²) in [6.07, 6.45) is 2.84. The van der Waals surface area contributed by atoms with Gasteiger partial charge in [-0.2, -0.15) is 0 Å². The topological polar surface area (TPSA) is 52.0 Å². The summed E-state index contributed by atoms with van der Waals surface area (Å²) in [5, 5.41) is 0. The van der Waals surface area contributed by atoms with Crippen molar-refractivity contribution in [3.05, 3.63) is 26.4 Å². The Morgan fingerprint density at radius 1 is 1.75 bits per heavy atom. The van der Waals surface area contributed by atoms with Crippen molar-refractivity contribution in [2.24, 2.45) is 0 Å². The van der Waals surface area contributed by atoms with Crippen LogP contribution in [0.5, 0.6) is 0 Å². The summed E-state index contributed by atoms with van der Waals surface area (Å²) in [5.74, 6) is -0.0547. The molecule has 0 saturated heterocycles. The molecule has 1 aromatic rings. The molecule has 0 unspecified atom stereocenters. The van der Waals surface area contributed by atoms with Crippen molar-refractivity contribution in [2.45, 2.75) is 13.5 Å². The highest BCUT2D eigenvalue weighted by Gasteiger charge is 2.01. The lowest BCUT2D eigenvalue weighted by Crippen LogP contribution is -2.25. The van der Waals surface area contributed by atoms with E-state index in [9.17, 15) is 9.59 Å². The van der Waals surface area contributed by atoms with E-state index in [0.717, 1.165) is 0 Å². The fourth-order valence-electron chi connectivity index (χ4n) is 0.777. The predicted octanol–water partition coefficient (Wildman–Crippen LogP) is 0.437. The average Bonchev–Trinajstić information content (AvgIpc) is 1.98. The minimum absolute atomic E-state index is 0.0547. The molecule has 0 aliphatic carbocycles. The molecular weight excluding hydrogens is 271 g/mol. The molecule has 1 aromatic heterocycles. The highest BCUT2D eigenvalue weighted by molar-refractivity contribution is 14.1. The number of nitrogens with zero attached hydrogens (tertiary/aromatic N) is 2. The van der Waals surface area contributed by atoms with E-state index in [1.54, 1.807) is 0 Å². The van der Waals surface area contributed by atoms with Gasteiger partial charge in [-0.1, -0.05) is 0 Å². The first-order valence-electron chi connectivity index (χ1n) is 3.30. The molecule has 5 heteroatoms. The fraction of sp³-hybridized carbons (Fsp3) is 0.286. The summed E-state index contributed by atoms with van der Waals surface area (Å²) in [6.45, 7) is 1.54. The lowest BCUT2D eigenvalue weighted by atomic mass is 10.4.